The molecule has 0 aliphatic heterocycles. The third-order valence-electron chi connectivity index (χ3n) is 2.87. The Bertz CT molecular complexity index is 462. The second kappa shape index (κ2) is 5.35. The number of aromatic nitrogens is 2. The zero-order valence-electron chi connectivity index (χ0n) is 9.62. The smallest absolute Gasteiger partial charge is 0.131 e. The van der Waals surface area contributed by atoms with Crippen molar-refractivity contribution >= 4 is 22.5 Å². The maximum atomic E-state index is 5.91. The molecule has 0 saturated carbocycles. The van der Waals surface area contributed by atoms with Gasteiger partial charge in [0.2, 0.25) is 0 Å². The van der Waals surface area contributed by atoms with Gasteiger partial charge in [0, 0.05) is 24.3 Å². The van der Waals surface area contributed by atoms with Crippen LogP contribution >= 0.6 is 11.6 Å². The lowest BCUT2D eigenvalue weighted by Gasteiger charge is -2.04. The SMILES string of the molecule is CCCCCCn1ccc2cnc(Cl)cc21. The number of hydrogen-bond donors (Lipinski definition) is 0. The lowest BCUT2D eigenvalue weighted by atomic mass is 10.2. The molecule has 2 heterocycles. The molecule has 0 aliphatic carbocycles. The van der Waals surface area contributed by atoms with E-state index >= 15 is 0 Å². The van der Waals surface area contributed by atoms with Gasteiger partial charge < -0.3 is 4.57 Å². The molecule has 2 nitrogen and oxygen atoms in total. The Morgan fingerprint density at radius 2 is 2.19 bits per heavy atom. The molecule has 0 spiro atoms. The number of fused-ring (bicyclic) bond motifs is 1. The average Bonchev–Trinajstić information content (AvgIpc) is 2.67. The van der Waals surface area contributed by atoms with Crippen LogP contribution < -0.4 is 0 Å². The van der Waals surface area contributed by atoms with Crippen LogP contribution in [0, 0.1) is 0 Å². The van der Waals surface area contributed by atoms with E-state index in [1.807, 2.05) is 12.3 Å². The van der Waals surface area contributed by atoms with E-state index in [2.05, 4.69) is 28.7 Å². The number of unbranched alkanes of at least 4 members (excludes halogenated alkanes) is 3. The van der Waals surface area contributed by atoms with Crippen molar-refractivity contribution in [3.05, 3.63) is 29.7 Å². The number of rotatable bonds is 5. The molecule has 0 fully saturated rings. The normalized spacial score (nSPS) is 11.1. The molecule has 0 N–H and O–H groups in total. The lowest BCUT2D eigenvalue weighted by molar-refractivity contribution is 0.593. The third-order valence-corrected chi connectivity index (χ3v) is 3.08. The van der Waals surface area contributed by atoms with Crippen LogP contribution in [0.5, 0.6) is 0 Å². The minimum atomic E-state index is 0.570. The molecule has 0 atom stereocenters. The van der Waals surface area contributed by atoms with Crippen LogP contribution in [0.2, 0.25) is 5.15 Å². The van der Waals surface area contributed by atoms with E-state index in [9.17, 15) is 0 Å². The summed E-state index contributed by atoms with van der Waals surface area (Å²) in [6, 6.07) is 4.04. The molecular weight excluding hydrogens is 220 g/mol. The minimum absolute atomic E-state index is 0.570. The van der Waals surface area contributed by atoms with E-state index in [-0.39, 0.29) is 0 Å². The Labute approximate surface area is 101 Å². The van der Waals surface area contributed by atoms with Crippen molar-refractivity contribution in [2.75, 3.05) is 0 Å². The van der Waals surface area contributed by atoms with Gasteiger partial charge in [-0.15, -0.1) is 0 Å². The minimum Gasteiger partial charge on any atom is -0.347 e. The van der Waals surface area contributed by atoms with E-state index in [0.29, 0.717) is 5.15 Å². The van der Waals surface area contributed by atoms with Crippen molar-refractivity contribution in [2.24, 2.45) is 0 Å². The largest absolute Gasteiger partial charge is 0.347 e. The van der Waals surface area contributed by atoms with Crippen molar-refractivity contribution in [2.45, 2.75) is 39.2 Å². The second-order valence-electron chi connectivity index (χ2n) is 4.14. The molecule has 0 radical (unpaired) electrons. The molecule has 0 unspecified atom stereocenters. The predicted octanol–water partition coefficient (Wildman–Crippen LogP) is 4.27. The summed E-state index contributed by atoms with van der Waals surface area (Å²) in [4.78, 5) is 4.08. The molecule has 3 heteroatoms. The van der Waals surface area contributed by atoms with Crippen molar-refractivity contribution in [1.29, 1.82) is 0 Å². The highest BCUT2D eigenvalue weighted by Gasteiger charge is 2.01. The number of aryl methyl sites for hydroxylation is 1. The summed E-state index contributed by atoms with van der Waals surface area (Å²) in [5, 5.41) is 1.74. The molecule has 0 aliphatic rings. The van der Waals surface area contributed by atoms with Crippen LogP contribution in [0.25, 0.3) is 10.9 Å². The summed E-state index contributed by atoms with van der Waals surface area (Å²) < 4.78 is 2.26. The monoisotopic (exact) mass is 236 g/mol. The standard InChI is InChI=1S/C13H17ClN2/c1-2-3-4-5-7-16-8-6-11-10-15-13(14)9-12(11)16/h6,8-10H,2-5,7H2,1H3. The molecule has 2 aromatic heterocycles. The Balaban J connectivity index is 2.09. The van der Waals surface area contributed by atoms with Gasteiger partial charge in [-0.05, 0) is 18.6 Å². The first-order valence-electron chi connectivity index (χ1n) is 5.91. The highest BCUT2D eigenvalue weighted by molar-refractivity contribution is 6.30. The van der Waals surface area contributed by atoms with E-state index in [0.717, 1.165) is 6.54 Å². The van der Waals surface area contributed by atoms with Crippen LogP contribution in [-0.2, 0) is 6.54 Å². The van der Waals surface area contributed by atoms with Crippen molar-refractivity contribution in [3.8, 4) is 0 Å². The summed E-state index contributed by atoms with van der Waals surface area (Å²) in [7, 11) is 0. The van der Waals surface area contributed by atoms with Gasteiger partial charge in [0.25, 0.3) is 0 Å². The summed E-state index contributed by atoms with van der Waals surface area (Å²) in [6.45, 7) is 3.31. The predicted molar refractivity (Wildman–Crippen MR) is 68.9 cm³/mol. The van der Waals surface area contributed by atoms with Crippen LogP contribution in [0.15, 0.2) is 24.5 Å². The van der Waals surface area contributed by atoms with E-state index in [4.69, 9.17) is 11.6 Å². The van der Waals surface area contributed by atoms with Crippen molar-refractivity contribution in [3.63, 3.8) is 0 Å². The molecule has 0 bridgehead atoms. The van der Waals surface area contributed by atoms with Gasteiger partial charge in [0.05, 0.1) is 5.52 Å². The van der Waals surface area contributed by atoms with Crippen molar-refractivity contribution < 1.29 is 0 Å². The highest BCUT2D eigenvalue weighted by atomic mass is 35.5. The number of pyridine rings is 1. The maximum Gasteiger partial charge on any atom is 0.131 e. The summed E-state index contributed by atoms with van der Waals surface area (Å²) >= 11 is 5.91. The molecule has 2 rings (SSSR count). The zero-order chi connectivity index (χ0) is 11.4. The van der Waals surface area contributed by atoms with Crippen LogP contribution in [0.1, 0.15) is 32.6 Å². The fourth-order valence-corrected chi connectivity index (χ4v) is 2.11. The van der Waals surface area contributed by atoms with Gasteiger partial charge in [-0.25, -0.2) is 4.98 Å². The van der Waals surface area contributed by atoms with Gasteiger partial charge >= 0.3 is 0 Å². The summed E-state index contributed by atoms with van der Waals surface area (Å²) in [5.74, 6) is 0. The molecule has 0 aromatic carbocycles. The third kappa shape index (κ3) is 2.56. The highest BCUT2D eigenvalue weighted by Crippen LogP contribution is 2.18. The summed E-state index contributed by atoms with van der Waals surface area (Å²) in [6.07, 6.45) is 9.09. The van der Waals surface area contributed by atoms with Gasteiger partial charge in [0.15, 0.2) is 0 Å². The van der Waals surface area contributed by atoms with Gasteiger partial charge in [-0.3, -0.25) is 0 Å². The first-order valence-corrected chi connectivity index (χ1v) is 6.29. The van der Waals surface area contributed by atoms with Crippen molar-refractivity contribution in [1.82, 2.24) is 9.55 Å². The molecule has 0 amide bonds. The second-order valence-corrected chi connectivity index (χ2v) is 4.52. The quantitative estimate of drug-likeness (QED) is 0.560. The zero-order valence-corrected chi connectivity index (χ0v) is 10.4. The Hall–Kier alpha value is -1.02. The first kappa shape index (κ1) is 11.5. The fourth-order valence-electron chi connectivity index (χ4n) is 1.96. The molecule has 86 valence electrons. The average molecular weight is 237 g/mol. The van der Waals surface area contributed by atoms with E-state index in [1.54, 1.807) is 0 Å². The Kier molecular flexibility index (Phi) is 3.83. The van der Waals surface area contributed by atoms with Gasteiger partial charge in [-0.1, -0.05) is 37.8 Å². The molecular formula is C13H17ClN2. The fraction of sp³-hybridized carbons (Fsp3) is 0.462. The number of halogens is 1. The van der Waals surface area contributed by atoms with E-state index < -0.39 is 0 Å². The van der Waals surface area contributed by atoms with Crippen LogP contribution in [0.4, 0.5) is 0 Å². The van der Waals surface area contributed by atoms with Gasteiger partial charge in [0.1, 0.15) is 5.15 Å². The van der Waals surface area contributed by atoms with Crippen LogP contribution in [-0.4, -0.2) is 9.55 Å². The topological polar surface area (TPSA) is 17.8 Å². The maximum absolute atomic E-state index is 5.91. The molecule has 16 heavy (non-hydrogen) atoms. The first-order chi connectivity index (χ1) is 7.81. The molecule has 2 aromatic rings. The van der Waals surface area contributed by atoms with Gasteiger partial charge in [-0.2, -0.15) is 0 Å². The number of nitrogens with zero attached hydrogens (tertiary/aromatic N) is 2. The Morgan fingerprint density at radius 3 is 3.00 bits per heavy atom. The van der Waals surface area contributed by atoms with Crippen LogP contribution in [0.3, 0.4) is 0 Å². The summed E-state index contributed by atoms with van der Waals surface area (Å²) in [5.41, 5.74) is 1.19. The lowest BCUT2D eigenvalue weighted by Crippen LogP contribution is -1.96. The van der Waals surface area contributed by atoms with E-state index in [1.165, 1.54) is 36.6 Å². The number of hydrogen-bond acceptors (Lipinski definition) is 1. The Morgan fingerprint density at radius 1 is 1.31 bits per heavy atom. The molecule has 0 saturated heterocycles.